The monoisotopic (exact) mass is 488 g/mol. The van der Waals surface area contributed by atoms with Gasteiger partial charge in [0.1, 0.15) is 5.75 Å². The summed E-state index contributed by atoms with van der Waals surface area (Å²) < 4.78 is 5.22. The molecule has 3 heterocycles. The number of anilines is 1. The molecule has 2 aliphatic heterocycles. The van der Waals surface area contributed by atoms with Crippen LogP contribution in [0.3, 0.4) is 0 Å². The molecule has 0 radical (unpaired) electrons. The number of hydrogen-bond donors (Lipinski definition) is 2. The van der Waals surface area contributed by atoms with Crippen molar-refractivity contribution in [2.24, 2.45) is 11.8 Å². The van der Waals surface area contributed by atoms with Crippen LogP contribution in [0.2, 0.25) is 0 Å². The molecule has 0 spiro atoms. The van der Waals surface area contributed by atoms with Gasteiger partial charge in [0.2, 0.25) is 11.9 Å². The summed E-state index contributed by atoms with van der Waals surface area (Å²) in [6, 6.07) is 16.5. The van der Waals surface area contributed by atoms with Crippen molar-refractivity contribution in [3.05, 3.63) is 59.7 Å². The van der Waals surface area contributed by atoms with E-state index >= 15 is 0 Å². The van der Waals surface area contributed by atoms with Crippen molar-refractivity contribution in [2.45, 2.75) is 32.7 Å². The predicted octanol–water partition coefficient (Wildman–Crippen LogP) is 3.64. The van der Waals surface area contributed by atoms with Crippen molar-refractivity contribution in [1.82, 2.24) is 25.4 Å². The summed E-state index contributed by atoms with van der Waals surface area (Å²) in [5.74, 6) is 3.03. The lowest BCUT2D eigenvalue weighted by molar-refractivity contribution is -0.125. The lowest BCUT2D eigenvalue weighted by Crippen LogP contribution is -2.42. The van der Waals surface area contributed by atoms with Gasteiger partial charge in [-0.2, -0.15) is 4.98 Å². The fourth-order valence-corrected chi connectivity index (χ4v) is 5.18. The molecule has 8 heteroatoms. The first kappa shape index (κ1) is 24.3. The second-order valence-corrected chi connectivity index (χ2v) is 10.1. The molecule has 8 nitrogen and oxygen atoms in total. The van der Waals surface area contributed by atoms with Crippen LogP contribution in [-0.2, 0) is 11.3 Å². The molecule has 0 bridgehead atoms. The molecule has 2 fully saturated rings. The molecule has 0 aliphatic carbocycles. The third kappa shape index (κ3) is 5.87. The normalized spacial score (nSPS) is 18.9. The van der Waals surface area contributed by atoms with Crippen molar-refractivity contribution in [2.75, 3.05) is 44.7 Å². The Bertz CT molecular complexity index is 1140. The average Bonchev–Trinajstić information content (AvgIpc) is 3.59. The molecule has 5 rings (SSSR count). The Kier molecular flexibility index (Phi) is 7.51. The number of nitrogens with zero attached hydrogens (tertiary/aromatic N) is 4. The summed E-state index contributed by atoms with van der Waals surface area (Å²) in [5, 5.41) is 10.7. The van der Waals surface area contributed by atoms with Gasteiger partial charge in [0, 0.05) is 44.2 Å². The Labute approximate surface area is 213 Å². The molecule has 1 amide bonds. The molecule has 1 unspecified atom stereocenters. The number of amides is 1. The van der Waals surface area contributed by atoms with Crippen molar-refractivity contribution in [3.63, 3.8) is 0 Å². The van der Waals surface area contributed by atoms with E-state index < -0.39 is 0 Å². The van der Waals surface area contributed by atoms with Crippen LogP contribution in [0.4, 0.5) is 5.95 Å². The number of aryl methyl sites for hydroxylation is 1. The molecule has 2 saturated heterocycles. The summed E-state index contributed by atoms with van der Waals surface area (Å²) in [6.45, 7) is 7.60. The van der Waals surface area contributed by atoms with Crippen molar-refractivity contribution >= 4 is 11.9 Å². The van der Waals surface area contributed by atoms with Gasteiger partial charge in [0.05, 0.1) is 7.11 Å². The third-order valence-electron chi connectivity index (χ3n) is 7.45. The number of methoxy groups -OCH3 is 1. The minimum atomic E-state index is 0.0614. The number of nitrogens with one attached hydrogen (secondary N) is 2. The van der Waals surface area contributed by atoms with Crippen LogP contribution in [0.5, 0.6) is 5.75 Å². The molecule has 1 aromatic heterocycles. The number of likely N-dealkylation sites (tertiary alicyclic amines) is 1. The van der Waals surface area contributed by atoms with Gasteiger partial charge in [-0.05, 0) is 68.5 Å². The Hall–Kier alpha value is -3.39. The average molecular weight is 489 g/mol. The first-order chi connectivity index (χ1) is 17.6. The van der Waals surface area contributed by atoms with Crippen LogP contribution in [-0.4, -0.2) is 65.8 Å². The quantitative estimate of drug-likeness (QED) is 0.504. The van der Waals surface area contributed by atoms with Crippen LogP contribution in [0.25, 0.3) is 11.4 Å². The van der Waals surface area contributed by atoms with Gasteiger partial charge in [-0.25, -0.2) is 0 Å². The third-order valence-corrected chi connectivity index (χ3v) is 7.45. The van der Waals surface area contributed by atoms with E-state index in [0.717, 1.165) is 75.7 Å². The van der Waals surface area contributed by atoms with E-state index in [9.17, 15) is 4.79 Å². The Morgan fingerprint density at radius 1 is 1.06 bits per heavy atom. The second-order valence-electron chi connectivity index (χ2n) is 10.1. The predicted molar refractivity (Wildman–Crippen MR) is 141 cm³/mol. The van der Waals surface area contributed by atoms with Gasteiger partial charge in [0.25, 0.3) is 0 Å². The number of ether oxygens (including phenoxy) is 1. The highest BCUT2D eigenvalue weighted by molar-refractivity contribution is 5.79. The van der Waals surface area contributed by atoms with Gasteiger partial charge in [-0.3, -0.25) is 14.8 Å². The van der Waals surface area contributed by atoms with Crippen molar-refractivity contribution < 1.29 is 9.53 Å². The fourth-order valence-electron chi connectivity index (χ4n) is 5.18. The first-order valence-electron chi connectivity index (χ1n) is 12.9. The number of piperidine rings is 1. The maximum atomic E-state index is 12.9. The SMILES string of the molecule is COc1ccc(-c2nc(N3CCC(C(=O)NCC4CCN(Cc5ccc(C)cc5)C4)CC3)n[nH]2)cc1. The van der Waals surface area contributed by atoms with Gasteiger partial charge >= 0.3 is 0 Å². The number of aromatic amines is 1. The topological polar surface area (TPSA) is 86.4 Å². The largest absolute Gasteiger partial charge is 0.497 e. The van der Waals surface area contributed by atoms with E-state index in [1.165, 1.54) is 11.1 Å². The molecule has 2 N–H and O–H groups in total. The molecular weight excluding hydrogens is 452 g/mol. The maximum absolute atomic E-state index is 12.9. The highest BCUT2D eigenvalue weighted by Crippen LogP contribution is 2.25. The smallest absolute Gasteiger partial charge is 0.245 e. The van der Waals surface area contributed by atoms with E-state index in [0.29, 0.717) is 11.9 Å². The van der Waals surface area contributed by atoms with E-state index in [4.69, 9.17) is 4.74 Å². The van der Waals surface area contributed by atoms with Gasteiger partial charge in [-0.15, -0.1) is 5.10 Å². The lowest BCUT2D eigenvalue weighted by Gasteiger charge is -2.30. The zero-order chi connectivity index (χ0) is 24.9. The summed E-state index contributed by atoms with van der Waals surface area (Å²) in [6.07, 6.45) is 2.79. The zero-order valence-corrected chi connectivity index (χ0v) is 21.2. The minimum absolute atomic E-state index is 0.0614. The van der Waals surface area contributed by atoms with E-state index in [1.807, 2.05) is 24.3 Å². The highest BCUT2D eigenvalue weighted by Gasteiger charge is 2.28. The van der Waals surface area contributed by atoms with Crippen LogP contribution >= 0.6 is 0 Å². The molecule has 190 valence electrons. The summed E-state index contributed by atoms with van der Waals surface area (Å²) in [4.78, 5) is 22.2. The Morgan fingerprint density at radius 2 is 1.81 bits per heavy atom. The number of H-pyrrole nitrogens is 1. The Morgan fingerprint density at radius 3 is 2.53 bits per heavy atom. The molecule has 2 aliphatic rings. The fraction of sp³-hybridized carbons (Fsp3) is 0.464. The van der Waals surface area contributed by atoms with E-state index in [-0.39, 0.29) is 11.8 Å². The number of benzene rings is 2. The van der Waals surface area contributed by atoms with Crippen LogP contribution in [0, 0.1) is 18.8 Å². The summed E-state index contributed by atoms with van der Waals surface area (Å²) in [7, 11) is 1.65. The number of carbonyl (C=O) groups excluding carboxylic acids is 1. The van der Waals surface area contributed by atoms with Gasteiger partial charge in [-0.1, -0.05) is 29.8 Å². The van der Waals surface area contributed by atoms with Crippen molar-refractivity contribution in [3.8, 4) is 17.1 Å². The number of carbonyl (C=O) groups is 1. The van der Waals surface area contributed by atoms with Crippen LogP contribution in [0.1, 0.15) is 30.4 Å². The molecule has 36 heavy (non-hydrogen) atoms. The van der Waals surface area contributed by atoms with E-state index in [2.05, 4.69) is 61.5 Å². The number of aromatic nitrogens is 3. The summed E-state index contributed by atoms with van der Waals surface area (Å²) >= 11 is 0. The Balaban J connectivity index is 1.04. The van der Waals surface area contributed by atoms with Gasteiger partial charge in [0.15, 0.2) is 5.82 Å². The number of hydrogen-bond acceptors (Lipinski definition) is 6. The van der Waals surface area contributed by atoms with Crippen LogP contribution in [0.15, 0.2) is 48.5 Å². The van der Waals surface area contributed by atoms with Crippen molar-refractivity contribution in [1.29, 1.82) is 0 Å². The molecule has 2 aromatic carbocycles. The standard InChI is InChI=1S/C28H36N6O2/c1-20-3-5-21(6-4-20)18-33-14-11-22(19-33)17-29-27(35)24-12-15-34(16-13-24)28-30-26(31-32-28)23-7-9-25(36-2)10-8-23/h3-10,22,24H,11-19H2,1-2H3,(H,29,35)(H,30,31,32). The highest BCUT2D eigenvalue weighted by atomic mass is 16.5. The lowest BCUT2D eigenvalue weighted by atomic mass is 9.96. The minimum Gasteiger partial charge on any atom is -0.497 e. The summed E-state index contributed by atoms with van der Waals surface area (Å²) in [5.41, 5.74) is 3.62. The first-order valence-corrected chi connectivity index (χ1v) is 12.9. The molecule has 3 aromatic rings. The zero-order valence-electron chi connectivity index (χ0n) is 21.2. The molecular formula is C28H36N6O2. The second kappa shape index (κ2) is 11.1. The van der Waals surface area contributed by atoms with E-state index in [1.54, 1.807) is 7.11 Å². The number of rotatable bonds is 8. The van der Waals surface area contributed by atoms with Gasteiger partial charge < -0.3 is 15.0 Å². The maximum Gasteiger partial charge on any atom is 0.245 e. The molecule has 1 atom stereocenters. The molecule has 0 saturated carbocycles. The van der Waals surface area contributed by atoms with Crippen LogP contribution < -0.4 is 15.0 Å².